The molecule has 118 valence electrons. The van der Waals surface area contributed by atoms with Gasteiger partial charge in [-0.15, -0.1) is 0 Å². The topological polar surface area (TPSA) is 67.8 Å². The van der Waals surface area contributed by atoms with Crippen molar-refractivity contribution in [2.75, 3.05) is 0 Å². The predicted octanol–water partition coefficient (Wildman–Crippen LogP) is 2.00. The first-order valence-electron chi connectivity index (χ1n) is 7.88. The van der Waals surface area contributed by atoms with E-state index < -0.39 is 5.56 Å². The molecular formula is C18H19N3O2. The van der Waals surface area contributed by atoms with Gasteiger partial charge in [0.15, 0.2) is 0 Å². The van der Waals surface area contributed by atoms with Crippen LogP contribution in [0.2, 0.25) is 0 Å². The fourth-order valence-corrected chi connectivity index (χ4v) is 3.08. The Hall–Kier alpha value is -2.61. The predicted molar refractivity (Wildman–Crippen MR) is 87.6 cm³/mol. The van der Waals surface area contributed by atoms with Gasteiger partial charge in [0, 0.05) is 12.2 Å². The van der Waals surface area contributed by atoms with Crippen LogP contribution in [0.15, 0.2) is 33.9 Å². The SMILES string of the molecule is CC(C)c1ccc(Cn2c(=O)c(C#N)c3n(c2=O)CCC3)cc1. The zero-order valence-corrected chi connectivity index (χ0v) is 13.4. The van der Waals surface area contributed by atoms with E-state index in [0.29, 0.717) is 24.6 Å². The molecule has 5 heteroatoms. The highest BCUT2D eigenvalue weighted by atomic mass is 16.2. The summed E-state index contributed by atoms with van der Waals surface area (Å²) in [7, 11) is 0. The number of nitrogens with zero attached hydrogens (tertiary/aromatic N) is 3. The van der Waals surface area contributed by atoms with Crippen molar-refractivity contribution in [1.29, 1.82) is 5.26 Å². The summed E-state index contributed by atoms with van der Waals surface area (Å²) in [6, 6.07) is 9.88. The Balaban J connectivity index is 2.06. The minimum Gasteiger partial charge on any atom is -0.296 e. The molecule has 1 aromatic carbocycles. The Morgan fingerprint density at radius 1 is 1.22 bits per heavy atom. The summed E-state index contributed by atoms with van der Waals surface area (Å²) >= 11 is 0. The maximum Gasteiger partial charge on any atom is 0.331 e. The van der Waals surface area contributed by atoms with Crippen molar-refractivity contribution in [3.8, 4) is 6.07 Å². The second-order valence-electron chi connectivity index (χ2n) is 6.26. The molecular weight excluding hydrogens is 290 g/mol. The molecule has 0 spiro atoms. The zero-order chi connectivity index (χ0) is 16.6. The molecule has 0 radical (unpaired) electrons. The number of rotatable bonds is 3. The second kappa shape index (κ2) is 5.88. The summed E-state index contributed by atoms with van der Waals surface area (Å²) in [5.41, 5.74) is 2.02. The van der Waals surface area contributed by atoms with Crippen molar-refractivity contribution in [1.82, 2.24) is 9.13 Å². The Kier molecular flexibility index (Phi) is 3.91. The van der Waals surface area contributed by atoms with E-state index in [1.54, 1.807) is 4.57 Å². The maximum atomic E-state index is 12.5. The lowest BCUT2D eigenvalue weighted by atomic mass is 10.0. The molecule has 3 rings (SSSR count). The zero-order valence-electron chi connectivity index (χ0n) is 13.4. The van der Waals surface area contributed by atoms with Crippen LogP contribution in [0, 0.1) is 11.3 Å². The molecule has 2 aromatic rings. The average molecular weight is 309 g/mol. The molecule has 1 aliphatic rings. The van der Waals surface area contributed by atoms with Crippen LogP contribution >= 0.6 is 0 Å². The molecule has 0 fully saturated rings. The number of aromatic nitrogens is 2. The van der Waals surface area contributed by atoms with Crippen LogP contribution in [0.25, 0.3) is 0 Å². The van der Waals surface area contributed by atoms with Gasteiger partial charge in [-0.25, -0.2) is 4.79 Å². The first kappa shape index (κ1) is 15.3. The highest BCUT2D eigenvalue weighted by molar-refractivity contribution is 5.33. The van der Waals surface area contributed by atoms with Gasteiger partial charge < -0.3 is 0 Å². The second-order valence-corrected chi connectivity index (χ2v) is 6.26. The summed E-state index contributed by atoms with van der Waals surface area (Å²) in [6.07, 6.45) is 1.42. The molecule has 0 saturated carbocycles. The monoisotopic (exact) mass is 309 g/mol. The molecule has 0 N–H and O–H groups in total. The summed E-state index contributed by atoms with van der Waals surface area (Å²) in [5.74, 6) is 0.433. The van der Waals surface area contributed by atoms with Crippen molar-refractivity contribution >= 4 is 0 Å². The maximum absolute atomic E-state index is 12.5. The number of fused-ring (bicyclic) bond motifs is 1. The van der Waals surface area contributed by atoms with Crippen molar-refractivity contribution in [3.63, 3.8) is 0 Å². The average Bonchev–Trinajstić information content (AvgIpc) is 3.02. The smallest absolute Gasteiger partial charge is 0.296 e. The third-order valence-electron chi connectivity index (χ3n) is 4.43. The van der Waals surface area contributed by atoms with Gasteiger partial charge in [-0.3, -0.25) is 13.9 Å². The van der Waals surface area contributed by atoms with Gasteiger partial charge >= 0.3 is 5.69 Å². The molecule has 1 aromatic heterocycles. The van der Waals surface area contributed by atoms with Crippen LogP contribution in [0.3, 0.4) is 0 Å². The normalized spacial score (nSPS) is 13.1. The van der Waals surface area contributed by atoms with E-state index in [4.69, 9.17) is 0 Å². The van der Waals surface area contributed by atoms with Crippen LogP contribution in [-0.2, 0) is 19.5 Å². The summed E-state index contributed by atoms with van der Waals surface area (Å²) < 4.78 is 2.75. The Morgan fingerprint density at radius 2 is 1.91 bits per heavy atom. The quantitative estimate of drug-likeness (QED) is 0.871. The molecule has 23 heavy (non-hydrogen) atoms. The molecule has 0 saturated heterocycles. The summed E-state index contributed by atoms with van der Waals surface area (Å²) in [6.45, 7) is 5.01. The molecule has 0 unspecified atom stereocenters. The standard InChI is InChI=1S/C18H19N3O2/c1-12(2)14-7-5-13(6-8-14)11-21-17(22)15(10-19)16-4-3-9-20(16)18(21)23/h5-8,12H,3-4,9,11H2,1-2H3. The first-order chi connectivity index (χ1) is 11.0. The Labute approximate surface area is 134 Å². The Morgan fingerprint density at radius 3 is 2.52 bits per heavy atom. The van der Waals surface area contributed by atoms with Crippen LogP contribution < -0.4 is 11.2 Å². The molecule has 0 aliphatic carbocycles. The van der Waals surface area contributed by atoms with E-state index >= 15 is 0 Å². The van der Waals surface area contributed by atoms with E-state index in [-0.39, 0.29) is 17.8 Å². The van der Waals surface area contributed by atoms with Crippen molar-refractivity contribution < 1.29 is 0 Å². The number of nitriles is 1. The van der Waals surface area contributed by atoms with E-state index in [1.807, 2.05) is 30.3 Å². The molecule has 1 aliphatic heterocycles. The lowest BCUT2D eigenvalue weighted by Gasteiger charge is -2.12. The number of hydrogen-bond donors (Lipinski definition) is 0. The van der Waals surface area contributed by atoms with Gasteiger partial charge in [0.1, 0.15) is 11.6 Å². The largest absolute Gasteiger partial charge is 0.331 e. The van der Waals surface area contributed by atoms with Crippen molar-refractivity contribution in [3.05, 3.63) is 67.5 Å². The van der Waals surface area contributed by atoms with Crippen LogP contribution in [0.1, 0.15) is 48.6 Å². The van der Waals surface area contributed by atoms with Crippen molar-refractivity contribution in [2.24, 2.45) is 0 Å². The first-order valence-corrected chi connectivity index (χ1v) is 7.88. The van der Waals surface area contributed by atoms with Gasteiger partial charge in [0.2, 0.25) is 0 Å². The highest BCUT2D eigenvalue weighted by Gasteiger charge is 2.22. The number of benzene rings is 1. The van der Waals surface area contributed by atoms with Gasteiger partial charge in [-0.2, -0.15) is 5.26 Å². The van der Waals surface area contributed by atoms with Gasteiger partial charge in [-0.05, 0) is 29.9 Å². The van der Waals surface area contributed by atoms with Gasteiger partial charge in [0.05, 0.1) is 6.54 Å². The van der Waals surface area contributed by atoms with Crippen molar-refractivity contribution in [2.45, 2.75) is 45.7 Å². The Bertz CT molecular complexity index is 896. The molecule has 0 atom stereocenters. The fourth-order valence-electron chi connectivity index (χ4n) is 3.08. The van der Waals surface area contributed by atoms with Crippen LogP contribution in [0.5, 0.6) is 0 Å². The molecule has 2 heterocycles. The lowest BCUT2D eigenvalue weighted by Crippen LogP contribution is -2.41. The van der Waals surface area contributed by atoms with Gasteiger partial charge in [0.25, 0.3) is 5.56 Å². The van der Waals surface area contributed by atoms with E-state index in [2.05, 4.69) is 13.8 Å². The van der Waals surface area contributed by atoms with Crippen LogP contribution in [0.4, 0.5) is 0 Å². The van der Waals surface area contributed by atoms with E-state index in [0.717, 1.165) is 12.0 Å². The summed E-state index contributed by atoms with van der Waals surface area (Å²) in [5, 5.41) is 9.28. The lowest BCUT2D eigenvalue weighted by molar-refractivity contribution is 0.602. The van der Waals surface area contributed by atoms with E-state index in [1.165, 1.54) is 10.1 Å². The third-order valence-corrected chi connectivity index (χ3v) is 4.43. The van der Waals surface area contributed by atoms with E-state index in [9.17, 15) is 14.9 Å². The third kappa shape index (κ3) is 2.61. The molecule has 5 nitrogen and oxygen atoms in total. The molecule has 0 amide bonds. The van der Waals surface area contributed by atoms with Crippen LogP contribution in [-0.4, -0.2) is 9.13 Å². The highest BCUT2D eigenvalue weighted by Crippen LogP contribution is 2.16. The number of hydrogen-bond acceptors (Lipinski definition) is 3. The summed E-state index contributed by atoms with van der Waals surface area (Å²) in [4.78, 5) is 25.0. The fraction of sp³-hybridized carbons (Fsp3) is 0.389. The minimum atomic E-state index is -0.474. The van der Waals surface area contributed by atoms with Gasteiger partial charge in [-0.1, -0.05) is 38.1 Å². The molecule has 0 bridgehead atoms. The minimum absolute atomic E-state index is 0.112.